The average molecular weight is 224 g/mol. The smallest absolute Gasteiger partial charge is 0.0714 e. The number of hydrogen-bond donors (Lipinski definition) is 1. The minimum absolute atomic E-state index is 0.0283. The summed E-state index contributed by atoms with van der Waals surface area (Å²) in [6, 6.07) is 10.0. The summed E-state index contributed by atoms with van der Waals surface area (Å²) in [5.74, 6) is 6.17. The highest BCUT2D eigenvalue weighted by Crippen LogP contribution is 2.12. The summed E-state index contributed by atoms with van der Waals surface area (Å²) in [5, 5.41) is 1.14. The van der Waals surface area contributed by atoms with E-state index in [0.29, 0.717) is 0 Å². The van der Waals surface area contributed by atoms with E-state index in [1.165, 1.54) is 0 Å². The fourth-order valence-electron chi connectivity index (χ4n) is 1.70. The van der Waals surface area contributed by atoms with Gasteiger partial charge in [-0.15, -0.1) is 0 Å². The second-order valence-electron chi connectivity index (χ2n) is 4.08. The first-order valence-corrected chi connectivity index (χ1v) is 5.91. The summed E-state index contributed by atoms with van der Waals surface area (Å²) in [6.07, 6.45) is 3.80. The summed E-state index contributed by atoms with van der Waals surface area (Å²) in [6.45, 7) is 2.11. The van der Waals surface area contributed by atoms with Crippen molar-refractivity contribution < 1.29 is 0 Å². The molecule has 1 aromatic carbocycles. The molecule has 0 aliphatic carbocycles. The van der Waals surface area contributed by atoms with Crippen molar-refractivity contribution in [3.8, 4) is 11.8 Å². The van der Waals surface area contributed by atoms with Crippen LogP contribution in [0.3, 0.4) is 0 Å². The van der Waals surface area contributed by atoms with Crippen LogP contribution in [0.4, 0.5) is 0 Å². The number of fused-ring (bicyclic) bond motifs is 1. The minimum atomic E-state index is -0.0283. The van der Waals surface area contributed by atoms with Gasteiger partial charge in [0.15, 0.2) is 0 Å². The molecule has 0 aliphatic rings. The lowest BCUT2D eigenvalue weighted by Crippen LogP contribution is -2.16. The highest BCUT2D eigenvalue weighted by atomic mass is 14.6. The highest BCUT2D eigenvalue weighted by Gasteiger charge is 1.96. The molecule has 86 valence electrons. The van der Waals surface area contributed by atoms with Crippen molar-refractivity contribution in [2.24, 2.45) is 5.73 Å². The Bertz CT molecular complexity index is 564. The standard InChI is InChI=1S/C15H16N2/c1-2-4-14(16)9-7-12-6-8-13-5-3-10-17-15(13)11-12/h3,5-6,8,10-11,14H,2,4,16H2,1H3. The third-order valence-corrected chi connectivity index (χ3v) is 2.61. The molecule has 2 heteroatoms. The van der Waals surface area contributed by atoms with Crippen LogP contribution in [0.2, 0.25) is 0 Å². The second-order valence-corrected chi connectivity index (χ2v) is 4.08. The molecular formula is C15H16N2. The molecule has 0 bridgehead atoms. The van der Waals surface area contributed by atoms with Crippen molar-refractivity contribution in [2.45, 2.75) is 25.8 Å². The van der Waals surface area contributed by atoms with Gasteiger partial charge in [0.1, 0.15) is 0 Å². The Balaban J connectivity index is 2.25. The van der Waals surface area contributed by atoms with Gasteiger partial charge in [-0.1, -0.05) is 37.3 Å². The molecular weight excluding hydrogens is 208 g/mol. The molecule has 0 saturated carbocycles. The van der Waals surface area contributed by atoms with E-state index in [9.17, 15) is 0 Å². The number of hydrogen-bond acceptors (Lipinski definition) is 2. The molecule has 1 atom stereocenters. The van der Waals surface area contributed by atoms with Crippen molar-refractivity contribution in [3.05, 3.63) is 42.1 Å². The van der Waals surface area contributed by atoms with E-state index >= 15 is 0 Å². The Morgan fingerprint density at radius 2 is 2.24 bits per heavy atom. The van der Waals surface area contributed by atoms with Crippen LogP contribution in [0, 0.1) is 11.8 Å². The number of nitrogens with zero attached hydrogens (tertiary/aromatic N) is 1. The van der Waals surface area contributed by atoms with Gasteiger partial charge in [-0.25, -0.2) is 0 Å². The lowest BCUT2D eigenvalue weighted by molar-refractivity contribution is 0.720. The van der Waals surface area contributed by atoms with Crippen LogP contribution in [0.5, 0.6) is 0 Å². The molecule has 0 amide bonds. The third kappa shape index (κ3) is 3.05. The van der Waals surface area contributed by atoms with Crippen LogP contribution in [-0.2, 0) is 0 Å². The van der Waals surface area contributed by atoms with E-state index in [0.717, 1.165) is 29.3 Å². The lowest BCUT2D eigenvalue weighted by atomic mass is 10.1. The molecule has 0 fully saturated rings. The molecule has 1 heterocycles. The first kappa shape index (κ1) is 11.6. The largest absolute Gasteiger partial charge is 0.318 e. The molecule has 2 N–H and O–H groups in total. The van der Waals surface area contributed by atoms with E-state index in [1.807, 2.05) is 30.3 Å². The summed E-state index contributed by atoms with van der Waals surface area (Å²) in [7, 11) is 0. The SMILES string of the molecule is CCCC(N)C#Cc1ccc2cccnc2c1. The minimum Gasteiger partial charge on any atom is -0.318 e. The van der Waals surface area contributed by atoms with Crippen LogP contribution < -0.4 is 5.73 Å². The Kier molecular flexibility index (Phi) is 3.74. The third-order valence-electron chi connectivity index (χ3n) is 2.61. The van der Waals surface area contributed by atoms with E-state index in [4.69, 9.17) is 5.73 Å². The van der Waals surface area contributed by atoms with Gasteiger partial charge in [-0.3, -0.25) is 4.98 Å². The van der Waals surface area contributed by atoms with Gasteiger partial charge in [-0.05, 0) is 24.6 Å². The van der Waals surface area contributed by atoms with Crippen molar-refractivity contribution in [1.82, 2.24) is 4.98 Å². The van der Waals surface area contributed by atoms with Gasteiger partial charge in [0.2, 0.25) is 0 Å². The molecule has 1 aromatic heterocycles. The van der Waals surface area contributed by atoms with E-state index in [-0.39, 0.29) is 6.04 Å². The summed E-state index contributed by atoms with van der Waals surface area (Å²) < 4.78 is 0. The molecule has 0 radical (unpaired) electrons. The van der Waals surface area contributed by atoms with Crippen molar-refractivity contribution >= 4 is 10.9 Å². The van der Waals surface area contributed by atoms with Crippen LogP contribution in [0.15, 0.2) is 36.5 Å². The van der Waals surface area contributed by atoms with Gasteiger partial charge >= 0.3 is 0 Å². The zero-order valence-corrected chi connectivity index (χ0v) is 9.98. The Hall–Kier alpha value is -1.85. The van der Waals surface area contributed by atoms with Crippen molar-refractivity contribution in [2.75, 3.05) is 0 Å². The Morgan fingerprint density at radius 3 is 3.06 bits per heavy atom. The first-order chi connectivity index (χ1) is 8.29. The predicted octanol–water partition coefficient (Wildman–Crippen LogP) is 2.71. The number of rotatable bonds is 2. The normalized spacial score (nSPS) is 11.9. The summed E-state index contributed by atoms with van der Waals surface area (Å²) >= 11 is 0. The summed E-state index contributed by atoms with van der Waals surface area (Å²) in [4.78, 5) is 4.31. The first-order valence-electron chi connectivity index (χ1n) is 5.91. The quantitative estimate of drug-likeness (QED) is 0.797. The number of aromatic nitrogens is 1. The highest BCUT2D eigenvalue weighted by molar-refractivity contribution is 5.79. The van der Waals surface area contributed by atoms with Crippen molar-refractivity contribution in [3.63, 3.8) is 0 Å². The molecule has 0 aliphatic heterocycles. The fourth-order valence-corrected chi connectivity index (χ4v) is 1.70. The van der Waals surface area contributed by atoms with Gasteiger partial charge in [0, 0.05) is 17.1 Å². The maximum absolute atomic E-state index is 5.86. The zero-order valence-electron chi connectivity index (χ0n) is 9.98. The average Bonchev–Trinajstić information content (AvgIpc) is 2.36. The van der Waals surface area contributed by atoms with Gasteiger partial charge in [0.05, 0.1) is 11.6 Å². The number of pyridine rings is 1. The van der Waals surface area contributed by atoms with E-state index in [2.05, 4.69) is 23.7 Å². The molecule has 17 heavy (non-hydrogen) atoms. The van der Waals surface area contributed by atoms with Crippen molar-refractivity contribution in [1.29, 1.82) is 0 Å². The van der Waals surface area contributed by atoms with Crippen LogP contribution in [-0.4, -0.2) is 11.0 Å². The monoisotopic (exact) mass is 224 g/mol. The van der Waals surface area contributed by atoms with E-state index in [1.54, 1.807) is 6.20 Å². The Labute approximate surface area is 102 Å². The molecule has 2 aromatic rings. The molecule has 2 rings (SSSR count). The van der Waals surface area contributed by atoms with Gasteiger partial charge < -0.3 is 5.73 Å². The molecule has 0 spiro atoms. The van der Waals surface area contributed by atoms with Crippen LogP contribution >= 0.6 is 0 Å². The summed E-state index contributed by atoms with van der Waals surface area (Å²) in [5.41, 5.74) is 7.81. The van der Waals surface area contributed by atoms with Crippen LogP contribution in [0.25, 0.3) is 10.9 Å². The van der Waals surface area contributed by atoms with E-state index < -0.39 is 0 Å². The molecule has 1 unspecified atom stereocenters. The predicted molar refractivity (Wildman–Crippen MR) is 71.5 cm³/mol. The van der Waals surface area contributed by atoms with Gasteiger partial charge in [0.25, 0.3) is 0 Å². The zero-order chi connectivity index (χ0) is 12.1. The lowest BCUT2D eigenvalue weighted by Gasteiger charge is -1.99. The maximum atomic E-state index is 5.86. The molecule has 0 saturated heterocycles. The maximum Gasteiger partial charge on any atom is 0.0714 e. The number of benzene rings is 1. The molecule has 2 nitrogen and oxygen atoms in total. The van der Waals surface area contributed by atoms with Crippen LogP contribution in [0.1, 0.15) is 25.3 Å². The topological polar surface area (TPSA) is 38.9 Å². The second kappa shape index (κ2) is 5.47. The Morgan fingerprint density at radius 1 is 1.35 bits per heavy atom. The fraction of sp³-hybridized carbons (Fsp3) is 0.267. The number of nitrogens with two attached hydrogens (primary N) is 1. The van der Waals surface area contributed by atoms with Gasteiger partial charge in [-0.2, -0.15) is 0 Å².